The molecule has 3 aliphatic heterocycles. The lowest BCUT2D eigenvalue weighted by Gasteiger charge is -2.41. The SMILES string of the molecule is Cc1cccc(CN2CC[C@@]3(C[C@H](N4CCCC4=O)CCO3)C2)n1.O=C(O)C(F)(F)F.O=C(O)C(F)(F)F. The Hall–Kier alpha value is -2.94. The predicted octanol–water partition coefficient (Wildman–Crippen LogP) is 3.40. The van der Waals surface area contributed by atoms with Crippen LogP contribution in [0.3, 0.4) is 0 Å². The van der Waals surface area contributed by atoms with Crippen molar-refractivity contribution in [1.29, 1.82) is 0 Å². The number of aryl methyl sites for hydroxylation is 1. The van der Waals surface area contributed by atoms with Crippen LogP contribution in [0.4, 0.5) is 26.3 Å². The summed E-state index contributed by atoms with van der Waals surface area (Å²) in [5.74, 6) is -5.17. The van der Waals surface area contributed by atoms with Crippen molar-refractivity contribution < 1.29 is 55.7 Å². The van der Waals surface area contributed by atoms with Gasteiger partial charge in [-0.15, -0.1) is 0 Å². The van der Waals surface area contributed by atoms with Crippen LogP contribution in [0.2, 0.25) is 0 Å². The number of carboxylic acid groups (broad SMARTS) is 2. The first-order valence-electron chi connectivity index (χ1n) is 11.7. The Kier molecular flexibility index (Phi) is 10.5. The molecular formula is C23H29F6N3O6. The van der Waals surface area contributed by atoms with Gasteiger partial charge in [-0.1, -0.05) is 6.07 Å². The number of carboxylic acids is 2. The molecule has 3 aliphatic rings. The minimum Gasteiger partial charge on any atom is -0.475 e. The molecule has 0 bridgehead atoms. The molecule has 2 atom stereocenters. The molecule has 4 rings (SSSR count). The fourth-order valence-corrected chi connectivity index (χ4v) is 4.59. The normalized spacial score (nSPS) is 23.9. The molecule has 38 heavy (non-hydrogen) atoms. The molecule has 0 aromatic carbocycles. The van der Waals surface area contributed by atoms with Gasteiger partial charge in [0.05, 0.1) is 11.3 Å². The molecule has 214 valence electrons. The second-order valence-electron chi connectivity index (χ2n) is 9.21. The van der Waals surface area contributed by atoms with E-state index in [2.05, 4.69) is 26.9 Å². The molecule has 15 heteroatoms. The van der Waals surface area contributed by atoms with Crippen molar-refractivity contribution >= 4 is 17.8 Å². The fraction of sp³-hybridized carbons (Fsp3) is 0.652. The second kappa shape index (κ2) is 12.7. The molecule has 1 spiro atoms. The van der Waals surface area contributed by atoms with Crippen molar-refractivity contribution in [2.45, 2.75) is 69.6 Å². The quantitative estimate of drug-likeness (QED) is 0.543. The maximum atomic E-state index is 12.1. The van der Waals surface area contributed by atoms with Gasteiger partial charge >= 0.3 is 24.3 Å². The van der Waals surface area contributed by atoms with E-state index in [9.17, 15) is 31.1 Å². The Morgan fingerprint density at radius 2 is 1.71 bits per heavy atom. The number of pyridine rings is 1. The lowest BCUT2D eigenvalue weighted by molar-refractivity contribution is -0.193. The standard InChI is InChI=1S/C19H27N3O2.2C2HF3O2/c1-15-4-2-5-16(20-15)13-21-10-8-19(14-21)12-17(7-11-24-19)22-9-3-6-18(22)23;2*3-2(4,5)1(6)7/h2,4-5,17H,3,6-14H2,1H3;2*(H,6,7)/t17-,19-;;/m1../s1. The zero-order chi connectivity index (χ0) is 28.7. The number of nitrogens with zero attached hydrogens (tertiary/aromatic N) is 3. The number of hydrogen-bond donors (Lipinski definition) is 2. The molecule has 1 aromatic heterocycles. The fourth-order valence-electron chi connectivity index (χ4n) is 4.59. The zero-order valence-corrected chi connectivity index (χ0v) is 20.5. The number of hydrogen-bond acceptors (Lipinski definition) is 6. The zero-order valence-electron chi connectivity index (χ0n) is 20.5. The monoisotopic (exact) mass is 557 g/mol. The average molecular weight is 557 g/mol. The lowest BCUT2D eigenvalue weighted by Crippen LogP contribution is -2.50. The largest absolute Gasteiger partial charge is 0.490 e. The van der Waals surface area contributed by atoms with Crippen molar-refractivity contribution in [2.75, 3.05) is 26.2 Å². The van der Waals surface area contributed by atoms with Gasteiger partial charge in [-0.2, -0.15) is 26.3 Å². The number of carbonyl (C=O) groups excluding carboxylic acids is 1. The molecule has 0 saturated carbocycles. The lowest BCUT2D eigenvalue weighted by atomic mass is 9.89. The predicted molar refractivity (Wildman–Crippen MR) is 119 cm³/mol. The van der Waals surface area contributed by atoms with Crippen molar-refractivity contribution in [3.8, 4) is 0 Å². The molecule has 0 unspecified atom stereocenters. The maximum Gasteiger partial charge on any atom is 0.490 e. The summed E-state index contributed by atoms with van der Waals surface area (Å²) in [7, 11) is 0. The van der Waals surface area contributed by atoms with Crippen molar-refractivity contribution in [2.24, 2.45) is 0 Å². The number of aliphatic carboxylic acids is 2. The van der Waals surface area contributed by atoms with E-state index in [1.807, 2.05) is 13.0 Å². The van der Waals surface area contributed by atoms with E-state index in [-0.39, 0.29) is 5.60 Å². The second-order valence-corrected chi connectivity index (χ2v) is 9.21. The molecular weight excluding hydrogens is 528 g/mol. The van der Waals surface area contributed by atoms with Crippen LogP contribution in [-0.4, -0.2) is 93.1 Å². The van der Waals surface area contributed by atoms with E-state index >= 15 is 0 Å². The number of alkyl halides is 6. The highest BCUT2D eigenvalue weighted by Crippen LogP contribution is 2.37. The number of halogens is 6. The molecule has 9 nitrogen and oxygen atoms in total. The van der Waals surface area contributed by atoms with Gasteiger partial charge in [-0.3, -0.25) is 14.7 Å². The van der Waals surface area contributed by atoms with E-state index in [0.29, 0.717) is 11.9 Å². The smallest absolute Gasteiger partial charge is 0.475 e. The minimum atomic E-state index is -5.08. The summed E-state index contributed by atoms with van der Waals surface area (Å²) in [5.41, 5.74) is 2.15. The van der Waals surface area contributed by atoms with Crippen LogP contribution in [0, 0.1) is 6.92 Å². The molecule has 3 saturated heterocycles. The van der Waals surface area contributed by atoms with Gasteiger partial charge in [0, 0.05) is 50.9 Å². The summed E-state index contributed by atoms with van der Waals surface area (Å²) in [6.07, 6.45) is -5.36. The Labute approximate surface area is 214 Å². The van der Waals surface area contributed by atoms with Crippen molar-refractivity contribution in [3.63, 3.8) is 0 Å². The van der Waals surface area contributed by atoms with Crippen LogP contribution >= 0.6 is 0 Å². The van der Waals surface area contributed by atoms with E-state index < -0.39 is 24.3 Å². The summed E-state index contributed by atoms with van der Waals surface area (Å²) in [6.45, 7) is 6.66. The average Bonchev–Trinajstić information content (AvgIpc) is 3.39. The van der Waals surface area contributed by atoms with Crippen LogP contribution in [0.25, 0.3) is 0 Å². The van der Waals surface area contributed by atoms with Gasteiger partial charge in [0.25, 0.3) is 0 Å². The van der Waals surface area contributed by atoms with Gasteiger partial charge < -0.3 is 19.8 Å². The van der Waals surface area contributed by atoms with Gasteiger partial charge in [0.2, 0.25) is 5.91 Å². The van der Waals surface area contributed by atoms with Gasteiger partial charge in [-0.25, -0.2) is 9.59 Å². The molecule has 3 fully saturated rings. The molecule has 0 radical (unpaired) electrons. The maximum absolute atomic E-state index is 12.1. The summed E-state index contributed by atoms with van der Waals surface area (Å²) in [5, 5.41) is 14.2. The van der Waals surface area contributed by atoms with E-state index in [1.54, 1.807) is 0 Å². The highest BCUT2D eigenvalue weighted by atomic mass is 19.4. The number of ether oxygens (including phenoxy) is 1. The van der Waals surface area contributed by atoms with Crippen LogP contribution in [0.15, 0.2) is 18.2 Å². The third-order valence-electron chi connectivity index (χ3n) is 6.23. The number of amides is 1. The van der Waals surface area contributed by atoms with E-state index in [4.69, 9.17) is 24.5 Å². The first kappa shape index (κ1) is 31.3. The molecule has 1 amide bonds. The topological polar surface area (TPSA) is 120 Å². The number of aromatic nitrogens is 1. The Morgan fingerprint density at radius 1 is 1.11 bits per heavy atom. The van der Waals surface area contributed by atoms with Gasteiger partial charge in [0.1, 0.15) is 0 Å². The summed E-state index contributed by atoms with van der Waals surface area (Å²) < 4.78 is 69.7. The first-order valence-corrected chi connectivity index (χ1v) is 11.7. The number of likely N-dealkylation sites (tertiary alicyclic amines) is 2. The van der Waals surface area contributed by atoms with E-state index in [0.717, 1.165) is 76.3 Å². The van der Waals surface area contributed by atoms with E-state index in [1.165, 1.54) is 0 Å². The highest BCUT2D eigenvalue weighted by Gasteiger charge is 2.45. The van der Waals surface area contributed by atoms with Crippen LogP contribution < -0.4 is 0 Å². The molecule has 4 heterocycles. The molecule has 1 aromatic rings. The highest BCUT2D eigenvalue weighted by molar-refractivity contribution is 5.78. The summed E-state index contributed by atoms with van der Waals surface area (Å²) in [4.78, 5) is 39.1. The van der Waals surface area contributed by atoms with Crippen molar-refractivity contribution in [1.82, 2.24) is 14.8 Å². The minimum absolute atomic E-state index is 0.0599. The summed E-state index contributed by atoms with van der Waals surface area (Å²) in [6, 6.07) is 6.60. The summed E-state index contributed by atoms with van der Waals surface area (Å²) >= 11 is 0. The van der Waals surface area contributed by atoms with Gasteiger partial charge in [-0.05, 0) is 44.7 Å². The number of carbonyl (C=O) groups is 3. The first-order chi connectivity index (χ1) is 17.5. The molecule has 0 aliphatic carbocycles. The van der Waals surface area contributed by atoms with Crippen LogP contribution in [0.5, 0.6) is 0 Å². The molecule has 2 N–H and O–H groups in total. The third-order valence-corrected chi connectivity index (χ3v) is 6.23. The van der Waals surface area contributed by atoms with Crippen molar-refractivity contribution in [3.05, 3.63) is 29.6 Å². The Balaban J connectivity index is 0.000000301. The third kappa shape index (κ3) is 9.42. The Morgan fingerprint density at radius 3 is 2.21 bits per heavy atom. The number of rotatable bonds is 3. The van der Waals surface area contributed by atoms with Gasteiger partial charge in [0.15, 0.2) is 0 Å². The van der Waals surface area contributed by atoms with Crippen LogP contribution in [-0.2, 0) is 25.7 Å². The Bertz CT molecular complexity index is 965. The van der Waals surface area contributed by atoms with Crippen LogP contribution in [0.1, 0.15) is 43.5 Å².